The molecule has 3 heteroatoms. The number of nitrogens with zero attached hydrogens (tertiary/aromatic N) is 1. The normalized spacial score (nSPS) is 33.8. The van der Waals surface area contributed by atoms with E-state index in [9.17, 15) is 0 Å². The zero-order chi connectivity index (χ0) is 15.3. The first kappa shape index (κ1) is 14.4. The van der Waals surface area contributed by atoms with Crippen LogP contribution in [0, 0.1) is 5.92 Å². The summed E-state index contributed by atoms with van der Waals surface area (Å²) >= 11 is 0. The van der Waals surface area contributed by atoms with Gasteiger partial charge in [0.2, 0.25) is 0 Å². The fraction of sp³-hybridized carbons (Fsp3) is 0.684. The number of hydrogen-bond donors (Lipinski definition) is 0. The second kappa shape index (κ2) is 5.16. The Balaban J connectivity index is 1.94. The molecule has 0 radical (unpaired) electrons. The van der Waals surface area contributed by atoms with Crippen LogP contribution in [0.4, 0.5) is 0 Å². The van der Waals surface area contributed by atoms with Crippen molar-refractivity contribution in [1.29, 1.82) is 0 Å². The topological polar surface area (TPSA) is 21.7 Å². The molecule has 1 aliphatic heterocycles. The highest BCUT2D eigenvalue weighted by atomic mass is 16.5. The minimum Gasteiger partial charge on any atom is -0.493 e. The Labute approximate surface area is 133 Å². The molecule has 1 saturated heterocycles. The van der Waals surface area contributed by atoms with Gasteiger partial charge in [-0.3, -0.25) is 0 Å². The van der Waals surface area contributed by atoms with Gasteiger partial charge < -0.3 is 14.4 Å². The quantitative estimate of drug-likeness (QED) is 0.836. The maximum atomic E-state index is 5.86. The fourth-order valence-corrected chi connectivity index (χ4v) is 5.63. The van der Waals surface area contributed by atoms with Gasteiger partial charge in [-0.2, -0.15) is 0 Å². The number of piperidine rings is 1. The Morgan fingerprint density at radius 2 is 2.00 bits per heavy atom. The maximum Gasteiger partial charge on any atom is 0.164 e. The second-order valence-corrected chi connectivity index (χ2v) is 7.35. The van der Waals surface area contributed by atoms with E-state index in [1.165, 1.54) is 56.2 Å². The molecular formula is C19H27NO2. The van der Waals surface area contributed by atoms with Gasteiger partial charge in [0.15, 0.2) is 11.5 Å². The molecule has 0 aromatic heterocycles. The van der Waals surface area contributed by atoms with Crippen LogP contribution in [-0.4, -0.2) is 38.8 Å². The average molecular weight is 301 g/mol. The summed E-state index contributed by atoms with van der Waals surface area (Å²) < 4.78 is 11.5. The van der Waals surface area contributed by atoms with Crippen molar-refractivity contribution >= 4 is 0 Å². The molecule has 3 atom stereocenters. The van der Waals surface area contributed by atoms with Crippen LogP contribution in [0.1, 0.15) is 43.2 Å². The highest BCUT2D eigenvalue weighted by Gasteiger charge is 2.54. The van der Waals surface area contributed by atoms with E-state index in [1.807, 2.05) is 0 Å². The lowest BCUT2D eigenvalue weighted by atomic mass is 9.52. The Hall–Kier alpha value is -1.22. The van der Waals surface area contributed by atoms with Crippen LogP contribution in [0.15, 0.2) is 12.1 Å². The molecule has 0 amide bonds. The SMILES string of the molecule is COc1ccc2c(c1OC)[C@@]13CCCC[C@@H]1[C@@H](C2)N(C)CC3. The number of likely N-dealkylation sites (N-methyl/N-ethyl adjacent to an activating group) is 1. The van der Waals surface area contributed by atoms with Crippen LogP contribution in [-0.2, 0) is 11.8 Å². The van der Waals surface area contributed by atoms with E-state index in [0.29, 0.717) is 11.5 Å². The minimum absolute atomic E-state index is 0.322. The van der Waals surface area contributed by atoms with Gasteiger partial charge in [-0.15, -0.1) is 0 Å². The van der Waals surface area contributed by atoms with Crippen LogP contribution in [0.25, 0.3) is 0 Å². The Morgan fingerprint density at radius 3 is 2.77 bits per heavy atom. The lowest BCUT2D eigenvalue weighted by Gasteiger charge is -2.58. The number of benzene rings is 1. The average Bonchev–Trinajstić information content (AvgIpc) is 2.57. The number of likely N-dealkylation sites (tertiary alicyclic amines) is 1. The van der Waals surface area contributed by atoms with Crippen LogP contribution in [0.5, 0.6) is 11.5 Å². The molecule has 2 fully saturated rings. The smallest absolute Gasteiger partial charge is 0.164 e. The van der Waals surface area contributed by atoms with Gasteiger partial charge in [-0.05, 0) is 56.8 Å². The number of ether oxygens (including phenoxy) is 2. The molecule has 1 aromatic rings. The van der Waals surface area contributed by atoms with Gasteiger partial charge in [0.25, 0.3) is 0 Å². The molecule has 1 saturated carbocycles. The van der Waals surface area contributed by atoms with Crippen molar-refractivity contribution in [3.8, 4) is 11.5 Å². The molecule has 0 unspecified atom stereocenters. The number of methoxy groups -OCH3 is 2. The summed E-state index contributed by atoms with van der Waals surface area (Å²) in [4.78, 5) is 2.61. The lowest BCUT2D eigenvalue weighted by molar-refractivity contribution is 0.00129. The van der Waals surface area contributed by atoms with E-state index >= 15 is 0 Å². The lowest BCUT2D eigenvalue weighted by Crippen LogP contribution is -2.59. The molecule has 1 aromatic carbocycles. The predicted octanol–water partition coefficient (Wildman–Crippen LogP) is 3.39. The van der Waals surface area contributed by atoms with Crippen molar-refractivity contribution in [2.45, 2.75) is 50.0 Å². The molecular weight excluding hydrogens is 274 g/mol. The standard InChI is InChI=1S/C19H27NO2/c1-20-11-10-19-9-5-4-6-14(19)15(20)12-13-7-8-16(21-2)18(22-3)17(13)19/h7-8,14-15H,4-6,9-12H2,1-3H3/t14-,15-,19-/m1/s1. The first-order valence-electron chi connectivity index (χ1n) is 8.66. The summed E-state index contributed by atoms with van der Waals surface area (Å²) in [6, 6.07) is 5.09. The number of fused-ring (bicyclic) bond motifs is 1. The van der Waals surface area contributed by atoms with E-state index in [1.54, 1.807) is 14.2 Å². The molecule has 4 rings (SSSR count). The van der Waals surface area contributed by atoms with Crippen LogP contribution >= 0.6 is 0 Å². The van der Waals surface area contributed by atoms with E-state index in [2.05, 4.69) is 24.1 Å². The molecule has 0 spiro atoms. The zero-order valence-electron chi connectivity index (χ0n) is 14.0. The van der Waals surface area contributed by atoms with E-state index in [0.717, 1.165) is 17.4 Å². The van der Waals surface area contributed by atoms with Crippen LogP contribution in [0.2, 0.25) is 0 Å². The maximum absolute atomic E-state index is 5.86. The van der Waals surface area contributed by atoms with Crippen molar-refractivity contribution < 1.29 is 9.47 Å². The largest absolute Gasteiger partial charge is 0.493 e. The third-order valence-corrected chi connectivity index (χ3v) is 6.60. The van der Waals surface area contributed by atoms with Crippen molar-refractivity contribution in [3.05, 3.63) is 23.3 Å². The monoisotopic (exact) mass is 301 g/mol. The van der Waals surface area contributed by atoms with E-state index in [4.69, 9.17) is 9.47 Å². The fourth-order valence-electron chi connectivity index (χ4n) is 5.63. The highest BCUT2D eigenvalue weighted by Crippen LogP contribution is 2.59. The zero-order valence-corrected chi connectivity index (χ0v) is 14.0. The number of hydrogen-bond acceptors (Lipinski definition) is 3. The van der Waals surface area contributed by atoms with Gasteiger partial charge in [0.05, 0.1) is 14.2 Å². The molecule has 0 N–H and O–H groups in total. The van der Waals surface area contributed by atoms with Crippen LogP contribution < -0.4 is 9.47 Å². The third-order valence-electron chi connectivity index (χ3n) is 6.60. The van der Waals surface area contributed by atoms with E-state index in [-0.39, 0.29) is 0 Å². The highest BCUT2D eigenvalue weighted by molar-refractivity contribution is 5.57. The van der Waals surface area contributed by atoms with Gasteiger partial charge in [-0.1, -0.05) is 18.9 Å². The summed E-state index contributed by atoms with van der Waals surface area (Å²) in [5.41, 5.74) is 3.30. The second-order valence-electron chi connectivity index (χ2n) is 7.35. The molecule has 3 nitrogen and oxygen atoms in total. The Kier molecular flexibility index (Phi) is 3.37. The molecule has 22 heavy (non-hydrogen) atoms. The molecule has 1 heterocycles. The molecule has 120 valence electrons. The van der Waals surface area contributed by atoms with Crippen molar-refractivity contribution in [2.75, 3.05) is 27.8 Å². The van der Waals surface area contributed by atoms with Crippen molar-refractivity contribution in [2.24, 2.45) is 5.92 Å². The van der Waals surface area contributed by atoms with Gasteiger partial charge in [0.1, 0.15) is 0 Å². The Bertz CT molecular complexity index is 585. The van der Waals surface area contributed by atoms with Crippen molar-refractivity contribution in [1.82, 2.24) is 4.90 Å². The first-order valence-corrected chi connectivity index (χ1v) is 8.66. The molecule has 2 bridgehead atoms. The summed E-state index contributed by atoms with van der Waals surface area (Å²) in [6.45, 7) is 1.21. The van der Waals surface area contributed by atoms with Gasteiger partial charge in [0, 0.05) is 17.0 Å². The van der Waals surface area contributed by atoms with E-state index < -0.39 is 0 Å². The van der Waals surface area contributed by atoms with Gasteiger partial charge in [-0.25, -0.2) is 0 Å². The first-order chi connectivity index (χ1) is 10.7. The summed E-state index contributed by atoms with van der Waals surface area (Å²) in [7, 11) is 5.86. The number of rotatable bonds is 2. The third kappa shape index (κ3) is 1.78. The van der Waals surface area contributed by atoms with Crippen LogP contribution in [0.3, 0.4) is 0 Å². The predicted molar refractivity (Wildman–Crippen MR) is 87.9 cm³/mol. The molecule has 2 aliphatic carbocycles. The summed E-state index contributed by atoms with van der Waals surface area (Å²) in [5.74, 6) is 2.70. The molecule has 3 aliphatic rings. The van der Waals surface area contributed by atoms with Gasteiger partial charge >= 0.3 is 0 Å². The summed E-state index contributed by atoms with van der Waals surface area (Å²) in [6.07, 6.45) is 7.86. The minimum atomic E-state index is 0.322. The van der Waals surface area contributed by atoms with Crippen molar-refractivity contribution in [3.63, 3.8) is 0 Å². The Morgan fingerprint density at radius 1 is 1.14 bits per heavy atom. The summed E-state index contributed by atoms with van der Waals surface area (Å²) in [5, 5.41) is 0.